The number of nitrogens with zero attached hydrogens (tertiary/aromatic N) is 2. The Balaban J connectivity index is 1.48. The lowest BCUT2D eigenvalue weighted by molar-refractivity contribution is 0.376. The molecule has 1 N–H and O–H groups in total. The summed E-state index contributed by atoms with van der Waals surface area (Å²) in [6.45, 7) is 3.02. The van der Waals surface area contributed by atoms with Gasteiger partial charge in [0.2, 0.25) is 0 Å². The fourth-order valence-corrected chi connectivity index (χ4v) is 3.73. The molecule has 0 amide bonds. The molecule has 2 aromatic rings. The molecule has 0 spiro atoms. The van der Waals surface area contributed by atoms with Gasteiger partial charge in [-0.25, -0.2) is 0 Å². The Morgan fingerprint density at radius 3 is 2.62 bits per heavy atom. The second kappa shape index (κ2) is 8.69. The van der Waals surface area contributed by atoms with Gasteiger partial charge in [0.15, 0.2) is 5.96 Å². The molecule has 2 heterocycles. The topological polar surface area (TPSA) is 27.6 Å². The average molecular weight is 340 g/mol. The third-order valence-electron chi connectivity index (χ3n) is 4.32. The Kier molecular flexibility index (Phi) is 6.07. The van der Waals surface area contributed by atoms with E-state index in [1.807, 2.05) is 18.4 Å². The molecule has 1 aromatic heterocycles. The highest BCUT2D eigenvalue weighted by Gasteiger charge is 2.16. The van der Waals surface area contributed by atoms with Gasteiger partial charge in [-0.1, -0.05) is 48.0 Å². The zero-order chi connectivity index (χ0) is 16.6. The number of piperidine rings is 1. The van der Waals surface area contributed by atoms with E-state index < -0.39 is 0 Å². The molecule has 1 aliphatic rings. The molecular formula is C20H25N3S. The minimum atomic E-state index is 0.941. The Morgan fingerprint density at radius 2 is 1.96 bits per heavy atom. The van der Waals surface area contributed by atoms with Crippen LogP contribution in [0, 0.1) is 0 Å². The van der Waals surface area contributed by atoms with Gasteiger partial charge in [0.05, 0.1) is 0 Å². The van der Waals surface area contributed by atoms with E-state index in [9.17, 15) is 0 Å². The van der Waals surface area contributed by atoms with Crippen molar-refractivity contribution < 1.29 is 0 Å². The first-order valence-electron chi connectivity index (χ1n) is 8.57. The first kappa shape index (κ1) is 16.8. The highest BCUT2D eigenvalue weighted by Crippen LogP contribution is 2.19. The fourth-order valence-electron chi connectivity index (χ4n) is 3.02. The summed E-state index contributed by atoms with van der Waals surface area (Å²) in [6.07, 6.45) is 5.62. The molecule has 0 unspecified atom stereocenters. The normalized spacial score (nSPS) is 15.5. The Morgan fingerprint density at radius 1 is 1.17 bits per heavy atom. The van der Waals surface area contributed by atoms with Crippen molar-refractivity contribution in [3.63, 3.8) is 0 Å². The maximum absolute atomic E-state index is 4.45. The number of likely N-dealkylation sites (tertiary alicyclic amines) is 1. The lowest BCUT2D eigenvalue weighted by Crippen LogP contribution is -2.45. The maximum Gasteiger partial charge on any atom is 0.193 e. The summed E-state index contributed by atoms with van der Waals surface area (Å²) in [5.41, 5.74) is 2.84. The van der Waals surface area contributed by atoms with Crippen LogP contribution in [-0.4, -0.2) is 37.5 Å². The van der Waals surface area contributed by atoms with Crippen molar-refractivity contribution in [1.29, 1.82) is 0 Å². The van der Waals surface area contributed by atoms with Crippen LogP contribution >= 0.6 is 11.3 Å². The van der Waals surface area contributed by atoms with Gasteiger partial charge in [-0.05, 0) is 36.3 Å². The molecule has 0 aliphatic carbocycles. The Bertz CT molecular complexity index is 664. The van der Waals surface area contributed by atoms with Crippen molar-refractivity contribution in [2.45, 2.75) is 19.3 Å². The van der Waals surface area contributed by atoms with Gasteiger partial charge < -0.3 is 10.2 Å². The summed E-state index contributed by atoms with van der Waals surface area (Å²) in [7, 11) is 1.88. The molecular weight excluding hydrogens is 314 g/mol. The van der Waals surface area contributed by atoms with Crippen LogP contribution in [0.3, 0.4) is 0 Å². The third-order valence-corrected chi connectivity index (χ3v) is 5.26. The summed E-state index contributed by atoms with van der Waals surface area (Å²) in [5.74, 6) is 1.03. The van der Waals surface area contributed by atoms with E-state index >= 15 is 0 Å². The van der Waals surface area contributed by atoms with Gasteiger partial charge in [0.25, 0.3) is 0 Å². The lowest BCUT2D eigenvalue weighted by Gasteiger charge is -2.31. The SMILES string of the molecule is CN=C(NCCc1cccs1)N1CCC(=Cc2ccccc2)CC1. The predicted octanol–water partition coefficient (Wildman–Crippen LogP) is 4.05. The van der Waals surface area contributed by atoms with E-state index in [1.165, 1.54) is 16.0 Å². The van der Waals surface area contributed by atoms with Crippen LogP contribution < -0.4 is 5.32 Å². The maximum atomic E-state index is 4.45. The number of rotatable bonds is 4. The number of hydrogen-bond donors (Lipinski definition) is 1. The van der Waals surface area contributed by atoms with Gasteiger partial charge in [-0.3, -0.25) is 4.99 Å². The summed E-state index contributed by atoms with van der Waals surface area (Å²) in [5, 5.41) is 5.64. The minimum absolute atomic E-state index is 0.941. The van der Waals surface area contributed by atoms with Gasteiger partial charge >= 0.3 is 0 Å². The largest absolute Gasteiger partial charge is 0.356 e. The molecule has 0 atom stereocenters. The Hall–Kier alpha value is -2.07. The monoisotopic (exact) mass is 339 g/mol. The van der Waals surface area contributed by atoms with E-state index in [2.05, 4.69) is 69.1 Å². The van der Waals surface area contributed by atoms with Gasteiger partial charge in [0, 0.05) is 31.6 Å². The second-order valence-corrected chi connectivity index (χ2v) is 7.04. The van der Waals surface area contributed by atoms with Crippen LogP contribution in [0.4, 0.5) is 0 Å². The Labute approximate surface area is 148 Å². The first-order chi connectivity index (χ1) is 11.8. The molecule has 0 bridgehead atoms. The summed E-state index contributed by atoms with van der Waals surface area (Å²) < 4.78 is 0. The second-order valence-electron chi connectivity index (χ2n) is 6.00. The van der Waals surface area contributed by atoms with Gasteiger partial charge in [0.1, 0.15) is 0 Å². The van der Waals surface area contributed by atoms with E-state index in [0.29, 0.717) is 0 Å². The van der Waals surface area contributed by atoms with E-state index in [-0.39, 0.29) is 0 Å². The van der Waals surface area contributed by atoms with E-state index in [4.69, 9.17) is 0 Å². The summed E-state index contributed by atoms with van der Waals surface area (Å²) in [6, 6.07) is 14.9. The molecule has 126 valence electrons. The summed E-state index contributed by atoms with van der Waals surface area (Å²) in [4.78, 5) is 8.25. The highest BCUT2D eigenvalue weighted by molar-refractivity contribution is 7.09. The zero-order valence-corrected chi connectivity index (χ0v) is 15.1. The van der Waals surface area contributed by atoms with Gasteiger partial charge in [-0.15, -0.1) is 11.3 Å². The fraction of sp³-hybridized carbons (Fsp3) is 0.350. The molecule has 4 heteroatoms. The molecule has 1 saturated heterocycles. The van der Waals surface area contributed by atoms with Crippen molar-refractivity contribution in [3.8, 4) is 0 Å². The molecule has 3 nitrogen and oxygen atoms in total. The minimum Gasteiger partial charge on any atom is -0.356 e. The van der Waals surface area contributed by atoms with Crippen LogP contribution in [-0.2, 0) is 6.42 Å². The highest BCUT2D eigenvalue weighted by atomic mass is 32.1. The third kappa shape index (κ3) is 4.71. The predicted molar refractivity (Wildman–Crippen MR) is 105 cm³/mol. The average Bonchev–Trinajstić information content (AvgIpc) is 3.14. The lowest BCUT2D eigenvalue weighted by atomic mass is 10.0. The number of hydrogen-bond acceptors (Lipinski definition) is 2. The van der Waals surface area contributed by atoms with Crippen LogP contribution in [0.5, 0.6) is 0 Å². The van der Waals surface area contributed by atoms with E-state index in [0.717, 1.165) is 44.9 Å². The number of benzene rings is 1. The van der Waals surface area contributed by atoms with Crippen molar-refractivity contribution in [2.75, 3.05) is 26.7 Å². The number of thiophene rings is 1. The molecule has 1 aliphatic heterocycles. The van der Waals surface area contributed by atoms with Crippen molar-refractivity contribution in [3.05, 3.63) is 63.9 Å². The standard InChI is InChI=1S/C20H25N3S/c1-21-20(22-12-9-19-8-5-15-24-19)23-13-10-18(11-14-23)16-17-6-3-2-4-7-17/h2-8,15-16H,9-14H2,1H3,(H,21,22). The number of guanidine groups is 1. The van der Waals surface area contributed by atoms with Crippen molar-refractivity contribution in [2.24, 2.45) is 4.99 Å². The van der Waals surface area contributed by atoms with Crippen LogP contribution in [0.2, 0.25) is 0 Å². The van der Waals surface area contributed by atoms with Crippen molar-refractivity contribution in [1.82, 2.24) is 10.2 Å². The molecule has 3 rings (SSSR count). The summed E-state index contributed by atoms with van der Waals surface area (Å²) >= 11 is 1.82. The van der Waals surface area contributed by atoms with Crippen LogP contribution in [0.15, 0.2) is 58.4 Å². The van der Waals surface area contributed by atoms with Crippen LogP contribution in [0.25, 0.3) is 6.08 Å². The quantitative estimate of drug-likeness (QED) is 0.672. The number of nitrogens with one attached hydrogen (secondary N) is 1. The first-order valence-corrected chi connectivity index (χ1v) is 9.45. The smallest absolute Gasteiger partial charge is 0.193 e. The zero-order valence-electron chi connectivity index (χ0n) is 14.2. The van der Waals surface area contributed by atoms with Crippen molar-refractivity contribution >= 4 is 23.4 Å². The molecule has 1 fully saturated rings. The van der Waals surface area contributed by atoms with E-state index in [1.54, 1.807) is 0 Å². The van der Waals surface area contributed by atoms with Gasteiger partial charge in [-0.2, -0.15) is 0 Å². The molecule has 0 saturated carbocycles. The molecule has 24 heavy (non-hydrogen) atoms. The molecule has 0 radical (unpaired) electrons. The van der Waals surface area contributed by atoms with Crippen LogP contribution in [0.1, 0.15) is 23.3 Å². The number of aliphatic imine (C=N–C) groups is 1. The molecule has 1 aromatic carbocycles.